The van der Waals surface area contributed by atoms with Gasteiger partial charge in [-0.05, 0) is 6.72 Å². The Balaban J connectivity index is 4.03. The van der Waals surface area contributed by atoms with Gasteiger partial charge < -0.3 is 10.9 Å². The summed E-state index contributed by atoms with van der Waals surface area (Å²) < 4.78 is 0. The van der Waals surface area contributed by atoms with Crippen molar-refractivity contribution in [2.45, 2.75) is 0 Å². The number of hydrogen-bond acceptors (Lipinski definition) is 6. The van der Waals surface area contributed by atoms with E-state index < -0.39 is 0 Å². The molecular formula is C7H14N6O. The van der Waals surface area contributed by atoms with Crippen LogP contribution in [0.5, 0.6) is 0 Å². The predicted molar refractivity (Wildman–Crippen MR) is 56.8 cm³/mol. The van der Waals surface area contributed by atoms with Crippen LogP contribution in [0.4, 0.5) is 0 Å². The van der Waals surface area contributed by atoms with Gasteiger partial charge in [0.15, 0.2) is 0 Å². The van der Waals surface area contributed by atoms with Gasteiger partial charge in [0.1, 0.15) is 13.0 Å². The Morgan fingerprint density at radius 2 is 2.29 bits per heavy atom. The Bertz CT molecular complexity index is 247. The van der Waals surface area contributed by atoms with E-state index in [1.807, 2.05) is 0 Å². The van der Waals surface area contributed by atoms with Gasteiger partial charge in [-0.2, -0.15) is 5.10 Å². The van der Waals surface area contributed by atoms with Crippen LogP contribution in [-0.4, -0.2) is 42.7 Å². The SMILES string of the molecule is C=N/C=C(\C=N/CN(N)/C=N\N)CO. The van der Waals surface area contributed by atoms with Gasteiger partial charge in [0.25, 0.3) is 0 Å². The average Bonchev–Trinajstić information content (AvgIpc) is 2.17. The Morgan fingerprint density at radius 1 is 1.57 bits per heavy atom. The lowest BCUT2D eigenvalue weighted by molar-refractivity contribution is 0.337. The molecule has 0 aromatic carbocycles. The van der Waals surface area contributed by atoms with Crippen LogP contribution in [0.25, 0.3) is 0 Å². The lowest BCUT2D eigenvalue weighted by atomic mass is 10.3. The molecule has 7 nitrogen and oxygen atoms in total. The Hall–Kier alpha value is -1.73. The molecule has 0 saturated heterocycles. The molecule has 0 unspecified atom stereocenters. The third-order valence-electron chi connectivity index (χ3n) is 1.16. The van der Waals surface area contributed by atoms with E-state index in [-0.39, 0.29) is 13.3 Å². The number of rotatable bonds is 6. The van der Waals surface area contributed by atoms with Gasteiger partial charge in [0.2, 0.25) is 0 Å². The molecule has 0 atom stereocenters. The molecule has 7 heteroatoms. The number of nitrogens with two attached hydrogens (primary N) is 2. The highest BCUT2D eigenvalue weighted by Crippen LogP contribution is 1.88. The Morgan fingerprint density at radius 3 is 2.79 bits per heavy atom. The normalized spacial score (nSPS) is 12.6. The quantitative estimate of drug-likeness (QED) is 0.212. The average molecular weight is 198 g/mol. The van der Waals surface area contributed by atoms with Gasteiger partial charge in [-0.1, -0.05) is 0 Å². The van der Waals surface area contributed by atoms with Crippen LogP contribution in [0.1, 0.15) is 0 Å². The third-order valence-corrected chi connectivity index (χ3v) is 1.16. The van der Waals surface area contributed by atoms with Crippen LogP contribution in [0.3, 0.4) is 0 Å². The number of nitrogens with zero attached hydrogens (tertiary/aromatic N) is 4. The van der Waals surface area contributed by atoms with Crippen LogP contribution in [-0.2, 0) is 0 Å². The highest BCUT2D eigenvalue weighted by Gasteiger charge is 1.90. The molecule has 0 fully saturated rings. The maximum Gasteiger partial charge on any atom is 0.126 e. The second kappa shape index (κ2) is 7.90. The maximum atomic E-state index is 8.79. The highest BCUT2D eigenvalue weighted by molar-refractivity contribution is 5.78. The van der Waals surface area contributed by atoms with Crippen molar-refractivity contribution in [2.75, 3.05) is 13.3 Å². The molecule has 0 aromatic rings. The first-order valence-corrected chi connectivity index (χ1v) is 3.75. The number of aliphatic imine (C=N–C) groups is 2. The summed E-state index contributed by atoms with van der Waals surface area (Å²) in [7, 11) is 0. The van der Waals surface area contributed by atoms with Crippen molar-refractivity contribution in [2.24, 2.45) is 26.8 Å². The van der Waals surface area contributed by atoms with E-state index in [4.69, 9.17) is 16.8 Å². The first-order valence-electron chi connectivity index (χ1n) is 3.75. The van der Waals surface area contributed by atoms with Crippen LogP contribution in [0, 0.1) is 0 Å². The summed E-state index contributed by atoms with van der Waals surface area (Å²) in [5.41, 5.74) is 0.540. The molecule has 78 valence electrons. The van der Waals surface area contributed by atoms with E-state index in [2.05, 4.69) is 21.8 Å². The first-order chi connectivity index (χ1) is 6.74. The number of aliphatic hydroxyl groups excluding tert-OH is 1. The monoisotopic (exact) mass is 198 g/mol. The fourth-order valence-electron chi connectivity index (χ4n) is 0.607. The minimum Gasteiger partial charge on any atom is -0.392 e. The van der Waals surface area contributed by atoms with Gasteiger partial charge in [-0.15, -0.1) is 0 Å². The second-order valence-electron chi connectivity index (χ2n) is 2.28. The van der Waals surface area contributed by atoms with Crippen molar-refractivity contribution >= 4 is 19.3 Å². The number of hydrazine groups is 1. The standard InChI is InChI=1S/C7H14N6O/c1-10-2-7(4-14)3-11-5-13(9)6-12-8/h2-3,6,14H,1,4-5,8-9H2/b7-2+,11-3-,12-6-. The second-order valence-corrected chi connectivity index (χ2v) is 2.28. The predicted octanol–water partition coefficient (Wildman–Crippen LogP) is -1.33. The van der Waals surface area contributed by atoms with Crippen LogP contribution >= 0.6 is 0 Å². The first kappa shape index (κ1) is 12.3. The van der Waals surface area contributed by atoms with Crippen molar-refractivity contribution in [1.82, 2.24) is 5.01 Å². The molecule has 0 aliphatic heterocycles. The van der Waals surface area contributed by atoms with E-state index in [0.29, 0.717) is 5.57 Å². The molecule has 0 aromatic heterocycles. The molecule has 5 N–H and O–H groups in total. The van der Waals surface area contributed by atoms with Crippen molar-refractivity contribution in [3.63, 3.8) is 0 Å². The Kier molecular flexibility index (Phi) is 6.92. The van der Waals surface area contributed by atoms with Gasteiger partial charge in [-0.3, -0.25) is 15.0 Å². The van der Waals surface area contributed by atoms with E-state index >= 15 is 0 Å². The number of hydrazone groups is 1. The van der Waals surface area contributed by atoms with Crippen molar-refractivity contribution in [1.29, 1.82) is 0 Å². The zero-order valence-corrected chi connectivity index (χ0v) is 7.74. The van der Waals surface area contributed by atoms with E-state index in [0.717, 1.165) is 0 Å². The Labute approximate surface area is 82.1 Å². The molecular weight excluding hydrogens is 184 g/mol. The summed E-state index contributed by atoms with van der Waals surface area (Å²) in [6.07, 6.45) is 4.08. The number of aliphatic hydroxyl groups is 1. The molecule has 0 aliphatic rings. The molecule has 0 radical (unpaired) electrons. The maximum absolute atomic E-state index is 8.79. The van der Waals surface area contributed by atoms with E-state index in [1.54, 1.807) is 0 Å². The van der Waals surface area contributed by atoms with Crippen molar-refractivity contribution in [3.05, 3.63) is 11.8 Å². The smallest absolute Gasteiger partial charge is 0.126 e. The summed E-state index contributed by atoms with van der Waals surface area (Å²) in [4.78, 5) is 7.38. The van der Waals surface area contributed by atoms with Crippen LogP contribution in [0.15, 0.2) is 26.9 Å². The topological polar surface area (TPSA) is 113 Å². The highest BCUT2D eigenvalue weighted by atomic mass is 16.3. The molecule has 0 heterocycles. The third kappa shape index (κ3) is 5.86. The molecule has 0 saturated carbocycles. The fraction of sp³-hybridized carbons (Fsp3) is 0.286. The summed E-state index contributed by atoms with van der Waals surface area (Å²) in [6, 6.07) is 0. The number of hydrogen-bond donors (Lipinski definition) is 3. The zero-order chi connectivity index (χ0) is 10.8. The van der Waals surface area contributed by atoms with E-state index in [9.17, 15) is 0 Å². The van der Waals surface area contributed by atoms with Crippen LogP contribution in [0.2, 0.25) is 0 Å². The molecule has 0 bridgehead atoms. The minimum absolute atomic E-state index is 0.155. The molecule has 14 heavy (non-hydrogen) atoms. The largest absolute Gasteiger partial charge is 0.392 e. The van der Waals surface area contributed by atoms with Gasteiger partial charge in [-0.25, -0.2) is 5.84 Å². The summed E-state index contributed by atoms with van der Waals surface area (Å²) in [5, 5.41) is 13.2. The lowest BCUT2D eigenvalue weighted by Crippen LogP contribution is -2.30. The lowest BCUT2D eigenvalue weighted by Gasteiger charge is -2.06. The molecule has 0 spiro atoms. The van der Waals surface area contributed by atoms with Gasteiger partial charge in [0, 0.05) is 18.0 Å². The van der Waals surface area contributed by atoms with Crippen molar-refractivity contribution in [3.8, 4) is 0 Å². The zero-order valence-electron chi connectivity index (χ0n) is 7.74. The van der Waals surface area contributed by atoms with Crippen LogP contribution < -0.4 is 11.7 Å². The minimum atomic E-state index is -0.155. The molecule has 0 aliphatic carbocycles. The molecule has 0 rings (SSSR count). The van der Waals surface area contributed by atoms with Gasteiger partial charge >= 0.3 is 0 Å². The fourth-order valence-corrected chi connectivity index (χ4v) is 0.607. The van der Waals surface area contributed by atoms with E-state index in [1.165, 1.54) is 23.8 Å². The summed E-state index contributed by atoms with van der Waals surface area (Å²) in [6.45, 7) is 3.28. The van der Waals surface area contributed by atoms with Crippen molar-refractivity contribution < 1.29 is 5.11 Å². The van der Waals surface area contributed by atoms with Gasteiger partial charge in [0.05, 0.1) is 6.61 Å². The molecule has 0 amide bonds. The summed E-state index contributed by atoms with van der Waals surface area (Å²) in [5.74, 6) is 10.2. The summed E-state index contributed by atoms with van der Waals surface area (Å²) >= 11 is 0.